The van der Waals surface area contributed by atoms with Crippen LogP contribution < -0.4 is 0 Å². The minimum Gasteiger partial charge on any atom is -0.335 e. The van der Waals surface area contributed by atoms with Crippen molar-refractivity contribution in [3.8, 4) is 0 Å². The van der Waals surface area contributed by atoms with Crippen molar-refractivity contribution in [2.24, 2.45) is 0 Å². The van der Waals surface area contributed by atoms with E-state index < -0.39 is 0 Å². The maximum absolute atomic E-state index is 11.2. The molecule has 0 aromatic heterocycles. The summed E-state index contributed by atoms with van der Waals surface area (Å²) < 4.78 is 0. The first-order chi connectivity index (χ1) is 5.43. The Hall–Kier alpha value is -0.570. The monoisotopic (exact) mass is 170 g/mol. The third-order valence-electron chi connectivity index (χ3n) is 2.47. The average Bonchev–Trinajstić information content (AvgIpc) is 1.82. The summed E-state index contributed by atoms with van der Waals surface area (Å²) in [4.78, 5) is 15.4. The van der Waals surface area contributed by atoms with E-state index in [0.29, 0.717) is 0 Å². The number of likely N-dealkylation sites (N-methyl/N-ethyl adjacent to an activating group) is 1. The molecule has 3 nitrogen and oxygen atoms in total. The van der Waals surface area contributed by atoms with Gasteiger partial charge in [0.05, 0.1) is 0 Å². The minimum atomic E-state index is -0.00116. The minimum absolute atomic E-state index is 0.00116. The van der Waals surface area contributed by atoms with Gasteiger partial charge in [-0.1, -0.05) is 0 Å². The second-order valence-electron chi connectivity index (χ2n) is 4.22. The predicted molar refractivity (Wildman–Crippen MR) is 49.0 cm³/mol. The van der Waals surface area contributed by atoms with E-state index in [-0.39, 0.29) is 11.4 Å². The first kappa shape index (κ1) is 9.52. The van der Waals surface area contributed by atoms with Gasteiger partial charge in [-0.2, -0.15) is 0 Å². The van der Waals surface area contributed by atoms with E-state index in [9.17, 15) is 4.79 Å². The molecule has 0 aliphatic carbocycles. The summed E-state index contributed by atoms with van der Waals surface area (Å²) in [5.41, 5.74) is -0.00116. The van der Waals surface area contributed by atoms with Crippen molar-refractivity contribution in [1.29, 1.82) is 0 Å². The lowest BCUT2D eigenvalue weighted by Crippen LogP contribution is -2.59. The fourth-order valence-electron chi connectivity index (χ4n) is 1.98. The molecule has 0 bridgehead atoms. The number of hydrogen-bond acceptors (Lipinski definition) is 2. The molecule has 0 aromatic rings. The van der Waals surface area contributed by atoms with E-state index in [1.807, 2.05) is 4.90 Å². The average molecular weight is 170 g/mol. The number of rotatable bonds is 0. The third-order valence-corrected chi connectivity index (χ3v) is 2.47. The normalized spacial score (nSPS) is 24.2. The molecule has 70 valence electrons. The fourth-order valence-corrected chi connectivity index (χ4v) is 1.98. The molecule has 1 saturated heterocycles. The van der Waals surface area contributed by atoms with Gasteiger partial charge in [0.25, 0.3) is 0 Å². The smallest absolute Gasteiger partial charge is 0.219 e. The Kier molecular flexibility index (Phi) is 2.42. The first-order valence-electron chi connectivity index (χ1n) is 4.40. The third kappa shape index (κ3) is 1.78. The van der Waals surface area contributed by atoms with Crippen molar-refractivity contribution >= 4 is 5.91 Å². The van der Waals surface area contributed by atoms with E-state index in [2.05, 4.69) is 25.8 Å². The molecule has 0 radical (unpaired) electrons. The first-order valence-corrected chi connectivity index (χ1v) is 4.40. The molecule has 0 spiro atoms. The van der Waals surface area contributed by atoms with Crippen LogP contribution in [0.15, 0.2) is 0 Å². The Morgan fingerprint density at radius 3 is 2.33 bits per heavy atom. The maximum atomic E-state index is 11.2. The zero-order valence-corrected chi connectivity index (χ0v) is 8.42. The highest BCUT2D eigenvalue weighted by Crippen LogP contribution is 2.19. The van der Waals surface area contributed by atoms with Gasteiger partial charge in [-0.3, -0.25) is 4.79 Å². The summed E-state index contributed by atoms with van der Waals surface area (Å²) in [6.07, 6.45) is 0. The summed E-state index contributed by atoms with van der Waals surface area (Å²) >= 11 is 0. The molecule has 0 saturated carbocycles. The van der Waals surface area contributed by atoms with E-state index in [1.165, 1.54) is 0 Å². The molecule has 0 unspecified atom stereocenters. The number of carbonyl (C=O) groups is 1. The van der Waals surface area contributed by atoms with E-state index in [0.717, 1.165) is 19.6 Å². The van der Waals surface area contributed by atoms with Crippen LogP contribution in [-0.2, 0) is 4.79 Å². The van der Waals surface area contributed by atoms with Crippen molar-refractivity contribution in [3.63, 3.8) is 0 Å². The molecule has 12 heavy (non-hydrogen) atoms. The van der Waals surface area contributed by atoms with Gasteiger partial charge >= 0.3 is 0 Å². The Bertz CT molecular complexity index is 189. The molecule has 0 aromatic carbocycles. The molecule has 1 aliphatic rings. The largest absolute Gasteiger partial charge is 0.335 e. The molecule has 0 N–H and O–H groups in total. The van der Waals surface area contributed by atoms with Gasteiger partial charge in [0.1, 0.15) is 0 Å². The van der Waals surface area contributed by atoms with Crippen LogP contribution in [0.5, 0.6) is 0 Å². The Balaban J connectivity index is 2.70. The Morgan fingerprint density at radius 1 is 1.33 bits per heavy atom. The number of hydrogen-bond donors (Lipinski definition) is 0. The van der Waals surface area contributed by atoms with Crippen molar-refractivity contribution in [1.82, 2.24) is 9.80 Å². The van der Waals surface area contributed by atoms with Gasteiger partial charge in [-0.25, -0.2) is 0 Å². The van der Waals surface area contributed by atoms with Gasteiger partial charge in [0.2, 0.25) is 5.91 Å². The molecule has 1 aliphatic heterocycles. The van der Waals surface area contributed by atoms with Crippen LogP contribution in [0.25, 0.3) is 0 Å². The summed E-state index contributed by atoms with van der Waals surface area (Å²) in [7, 11) is 2.10. The van der Waals surface area contributed by atoms with Crippen molar-refractivity contribution < 1.29 is 4.79 Å². The molecule has 1 fully saturated rings. The summed E-state index contributed by atoms with van der Waals surface area (Å²) in [6, 6.07) is 0. The summed E-state index contributed by atoms with van der Waals surface area (Å²) in [6.45, 7) is 8.69. The second kappa shape index (κ2) is 3.05. The fraction of sp³-hybridized carbons (Fsp3) is 0.889. The number of carbonyl (C=O) groups excluding carboxylic acids is 1. The predicted octanol–water partition coefficient (Wildman–Crippen LogP) is 0.559. The quantitative estimate of drug-likeness (QED) is 0.530. The van der Waals surface area contributed by atoms with Crippen LogP contribution in [0.3, 0.4) is 0 Å². The van der Waals surface area contributed by atoms with Crippen molar-refractivity contribution in [3.05, 3.63) is 0 Å². The topological polar surface area (TPSA) is 23.6 Å². The lowest BCUT2D eigenvalue weighted by Gasteiger charge is -2.45. The van der Waals surface area contributed by atoms with Crippen LogP contribution in [0.4, 0.5) is 0 Å². The van der Waals surface area contributed by atoms with E-state index in [1.54, 1.807) is 6.92 Å². The second-order valence-corrected chi connectivity index (χ2v) is 4.22. The van der Waals surface area contributed by atoms with E-state index in [4.69, 9.17) is 0 Å². The molecular formula is C9H18N2O. The maximum Gasteiger partial charge on any atom is 0.219 e. The highest BCUT2D eigenvalue weighted by atomic mass is 16.2. The highest BCUT2D eigenvalue weighted by Gasteiger charge is 2.33. The van der Waals surface area contributed by atoms with Gasteiger partial charge in [0, 0.05) is 32.1 Å². The standard InChI is InChI=1S/C9H18N2O/c1-8(12)11-6-5-10(4)7-9(11,2)3/h5-7H2,1-4H3. The Morgan fingerprint density at radius 2 is 1.92 bits per heavy atom. The summed E-state index contributed by atoms with van der Waals surface area (Å²) in [5.74, 6) is 0.188. The number of piperazine rings is 1. The van der Waals surface area contributed by atoms with Crippen LogP contribution in [0.1, 0.15) is 20.8 Å². The molecular weight excluding hydrogens is 152 g/mol. The molecule has 1 rings (SSSR count). The lowest BCUT2D eigenvalue weighted by molar-refractivity contribution is -0.137. The van der Waals surface area contributed by atoms with Crippen molar-refractivity contribution in [2.45, 2.75) is 26.3 Å². The van der Waals surface area contributed by atoms with Gasteiger partial charge in [-0.05, 0) is 20.9 Å². The van der Waals surface area contributed by atoms with E-state index >= 15 is 0 Å². The number of nitrogens with zero attached hydrogens (tertiary/aromatic N) is 2. The zero-order valence-electron chi connectivity index (χ0n) is 8.42. The Labute approximate surface area is 74.3 Å². The van der Waals surface area contributed by atoms with Gasteiger partial charge in [-0.15, -0.1) is 0 Å². The van der Waals surface area contributed by atoms with Crippen LogP contribution >= 0.6 is 0 Å². The molecule has 1 amide bonds. The molecule has 1 heterocycles. The van der Waals surface area contributed by atoms with Crippen LogP contribution in [0.2, 0.25) is 0 Å². The lowest BCUT2D eigenvalue weighted by atomic mass is 9.99. The SMILES string of the molecule is CC(=O)N1CCN(C)CC1(C)C. The number of amides is 1. The van der Waals surface area contributed by atoms with Crippen molar-refractivity contribution in [2.75, 3.05) is 26.7 Å². The van der Waals surface area contributed by atoms with Crippen LogP contribution in [-0.4, -0.2) is 47.9 Å². The van der Waals surface area contributed by atoms with Gasteiger partial charge < -0.3 is 9.80 Å². The van der Waals surface area contributed by atoms with Crippen LogP contribution in [0, 0.1) is 0 Å². The highest BCUT2D eigenvalue weighted by molar-refractivity contribution is 5.74. The molecule has 3 heteroatoms. The molecule has 0 atom stereocenters. The van der Waals surface area contributed by atoms with Gasteiger partial charge in [0.15, 0.2) is 0 Å². The zero-order chi connectivity index (χ0) is 9.35. The summed E-state index contributed by atoms with van der Waals surface area (Å²) in [5, 5.41) is 0.